The van der Waals surface area contributed by atoms with E-state index in [4.69, 9.17) is 14.2 Å². The molecule has 8 heteroatoms. The monoisotopic (exact) mass is 372 g/mol. The van der Waals surface area contributed by atoms with Gasteiger partial charge < -0.3 is 24.8 Å². The number of carbonyl (C=O) groups excluding carboxylic acids is 3. The molecule has 1 saturated carbocycles. The van der Waals surface area contributed by atoms with Gasteiger partial charge in [0.05, 0.1) is 12.1 Å². The topological polar surface area (TPSA) is 103 Å². The van der Waals surface area contributed by atoms with Crippen LogP contribution in [0, 0.1) is 0 Å². The number of alkyl carbamates (subject to hydrolysis) is 2. The van der Waals surface area contributed by atoms with Crippen molar-refractivity contribution in [2.24, 2.45) is 0 Å². The molecule has 0 saturated heterocycles. The van der Waals surface area contributed by atoms with Crippen molar-refractivity contribution in [2.45, 2.75) is 97.1 Å². The fraction of sp³-hybridized carbons (Fsp3) is 0.833. The minimum Gasteiger partial charge on any atom is -0.462 e. The third-order valence-electron chi connectivity index (χ3n) is 3.54. The summed E-state index contributed by atoms with van der Waals surface area (Å²) < 4.78 is 15.8. The highest BCUT2D eigenvalue weighted by molar-refractivity contribution is 5.70. The van der Waals surface area contributed by atoms with E-state index in [-0.39, 0.29) is 18.1 Å². The summed E-state index contributed by atoms with van der Waals surface area (Å²) in [5.74, 6) is -0.371. The zero-order valence-corrected chi connectivity index (χ0v) is 16.8. The van der Waals surface area contributed by atoms with Crippen molar-refractivity contribution >= 4 is 18.2 Å². The second-order valence-electron chi connectivity index (χ2n) is 8.55. The molecule has 0 spiro atoms. The Bertz CT molecular complexity index is 521. The molecule has 0 aromatic carbocycles. The highest BCUT2D eigenvalue weighted by Gasteiger charge is 2.35. The van der Waals surface area contributed by atoms with Crippen molar-refractivity contribution in [1.82, 2.24) is 10.6 Å². The van der Waals surface area contributed by atoms with E-state index in [2.05, 4.69) is 10.6 Å². The number of rotatable bonds is 3. The molecule has 1 aliphatic rings. The summed E-state index contributed by atoms with van der Waals surface area (Å²) in [5, 5.41) is 5.57. The normalized spacial score (nSPS) is 23.6. The lowest BCUT2D eigenvalue weighted by atomic mass is 9.88. The Labute approximate surface area is 155 Å². The molecule has 0 aromatic rings. The van der Waals surface area contributed by atoms with Crippen LogP contribution in [0.3, 0.4) is 0 Å². The standard InChI is InChI=1S/C18H32N2O6/c1-11(21)24-12-8-9-13(19-15(22)25-17(2,3)4)14(10-12)20-16(23)26-18(5,6)7/h12-14H,8-10H2,1-7H3,(H,19,22)(H,20,23)/t12?,13?,14-/m0/s1. The average Bonchev–Trinajstić information content (AvgIpc) is 2.36. The Balaban J connectivity index is 2.77. The van der Waals surface area contributed by atoms with Crippen LogP contribution in [0.1, 0.15) is 67.7 Å². The van der Waals surface area contributed by atoms with Gasteiger partial charge in [0.15, 0.2) is 0 Å². The van der Waals surface area contributed by atoms with Gasteiger partial charge in [0.2, 0.25) is 0 Å². The van der Waals surface area contributed by atoms with E-state index in [1.807, 2.05) is 0 Å². The summed E-state index contributed by atoms with van der Waals surface area (Å²) in [4.78, 5) is 35.4. The Hall–Kier alpha value is -1.99. The molecule has 0 bridgehead atoms. The van der Waals surface area contributed by atoms with Crippen LogP contribution >= 0.6 is 0 Å². The van der Waals surface area contributed by atoms with Crippen LogP contribution in [0.2, 0.25) is 0 Å². The van der Waals surface area contributed by atoms with Crippen LogP contribution in [0.25, 0.3) is 0 Å². The number of esters is 1. The maximum absolute atomic E-state index is 12.1. The summed E-state index contributed by atoms with van der Waals surface area (Å²) in [6, 6.07) is -0.778. The summed E-state index contributed by atoms with van der Waals surface area (Å²) >= 11 is 0. The van der Waals surface area contributed by atoms with E-state index in [9.17, 15) is 14.4 Å². The van der Waals surface area contributed by atoms with Crippen LogP contribution in [-0.4, -0.2) is 47.5 Å². The van der Waals surface area contributed by atoms with Gasteiger partial charge in [0.1, 0.15) is 17.3 Å². The predicted octanol–water partition coefficient (Wildman–Crippen LogP) is 2.89. The third kappa shape index (κ3) is 8.92. The second-order valence-corrected chi connectivity index (χ2v) is 8.55. The van der Waals surface area contributed by atoms with E-state index in [0.717, 1.165) is 0 Å². The first-order chi connectivity index (χ1) is 11.7. The molecule has 1 aliphatic carbocycles. The van der Waals surface area contributed by atoms with Crippen molar-refractivity contribution < 1.29 is 28.6 Å². The van der Waals surface area contributed by atoms with Gasteiger partial charge in [-0.25, -0.2) is 9.59 Å². The molecular formula is C18H32N2O6. The molecule has 8 nitrogen and oxygen atoms in total. The molecule has 2 N–H and O–H groups in total. The Morgan fingerprint density at radius 3 is 1.69 bits per heavy atom. The average molecular weight is 372 g/mol. The maximum atomic E-state index is 12.1. The maximum Gasteiger partial charge on any atom is 0.407 e. The molecule has 0 radical (unpaired) electrons. The number of hydrogen-bond donors (Lipinski definition) is 2. The van der Waals surface area contributed by atoms with E-state index >= 15 is 0 Å². The molecule has 0 heterocycles. The summed E-state index contributed by atoms with van der Waals surface area (Å²) in [6.45, 7) is 12.0. The van der Waals surface area contributed by atoms with Crippen molar-refractivity contribution in [3.8, 4) is 0 Å². The molecular weight excluding hydrogens is 340 g/mol. The molecule has 2 amide bonds. The number of carbonyl (C=O) groups is 3. The van der Waals surface area contributed by atoms with Gasteiger partial charge >= 0.3 is 18.2 Å². The van der Waals surface area contributed by atoms with Gasteiger partial charge in [-0.3, -0.25) is 4.79 Å². The van der Waals surface area contributed by atoms with Gasteiger partial charge in [0, 0.05) is 13.3 Å². The first-order valence-corrected chi connectivity index (χ1v) is 8.91. The summed E-state index contributed by atoms with van der Waals surface area (Å²) in [5.41, 5.74) is -1.25. The predicted molar refractivity (Wildman–Crippen MR) is 95.7 cm³/mol. The summed E-state index contributed by atoms with van der Waals surface area (Å²) in [6.07, 6.45) is 0.0687. The Kier molecular flexibility index (Phi) is 7.29. The van der Waals surface area contributed by atoms with Gasteiger partial charge in [-0.15, -0.1) is 0 Å². The van der Waals surface area contributed by atoms with E-state index in [1.165, 1.54) is 6.92 Å². The minimum atomic E-state index is -0.637. The molecule has 3 atom stereocenters. The number of amides is 2. The molecule has 150 valence electrons. The van der Waals surface area contributed by atoms with E-state index < -0.39 is 29.4 Å². The van der Waals surface area contributed by atoms with Crippen molar-refractivity contribution in [2.75, 3.05) is 0 Å². The molecule has 0 aromatic heterocycles. The van der Waals surface area contributed by atoms with Crippen molar-refractivity contribution in [1.29, 1.82) is 0 Å². The van der Waals surface area contributed by atoms with Crippen molar-refractivity contribution in [3.05, 3.63) is 0 Å². The van der Waals surface area contributed by atoms with Crippen LogP contribution < -0.4 is 10.6 Å². The zero-order chi connectivity index (χ0) is 20.1. The number of hydrogen-bond acceptors (Lipinski definition) is 6. The summed E-state index contributed by atoms with van der Waals surface area (Å²) in [7, 11) is 0. The SMILES string of the molecule is CC(=O)OC1CCC(NC(=O)OC(C)(C)C)[C@@H](NC(=O)OC(C)(C)C)C1. The van der Waals surface area contributed by atoms with E-state index in [1.54, 1.807) is 41.5 Å². The number of ether oxygens (including phenoxy) is 3. The minimum absolute atomic E-state index is 0.316. The smallest absolute Gasteiger partial charge is 0.407 e. The second kappa shape index (κ2) is 8.60. The lowest BCUT2D eigenvalue weighted by molar-refractivity contribution is -0.148. The third-order valence-corrected chi connectivity index (χ3v) is 3.54. The first-order valence-electron chi connectivity index (χ1n) is 8.91. The molecule has 0 aliphatic heterocycles. The highest BCUT2D eigenvalue weighted by atomic mass is 16.6. The fourth-order valence-electron chi connectivity index (χ4n) is 2.72. The van der Waals surface area contributed by atoms with Crippen LogP contribution in [0.5, 0.6) is 0 Å². The van der Waals surface area contributed by atoms with Crippen LogP contribution in [0.4, 0.5) is 9.59 Å². The van der Waals surface area contributed by atoms with Crippen molar-refractivity contribution in [3.63, 3.8) is 0 Å². The van der Waals surface area contributed by atoms with E-state index in [0.29, 0.717) is 19.3 Å². The van der Waals surface area contributed by atoms with Gasteiger partial charge in [0.25, 0.3) is 0 Å². The number of nitrogens with one attached hydrogen (secondary N) is 2. The molecule has 1 rings (SSSR count). The Morgan fingerprint density at radius 1 is 0.808 bits per heavy atom. The lowest BCUT2D eigenvalue weighted by Crippen LogP contribution is -2.56. The van der Waals surface area contributed by atoms with Crippen LogP contribution in [0.15, 0.2) is 0 Å². The zero-order valence-electron chi connectivity index (χ0n) is 16.8. The molecule has 26 heavy (non-hydrogen) atoms. The quantitative estimate of drug-likeness (QED) is 0.583. The lowest BCUT2D eigenvalue weighted by Gasteiger charge is -2.37. The van der Waals surface area contributed by atoms with Gasteiger partial charge in [-0.05, 0) is 54.4 Å². The van der Waals surface area contributed by atoms with Gasteiger partial charge in [-0.1, -0.05) is 0 Å². The highest BCUT2D eigenvalue weighted by Crippen LogP contribution is 2.23. The van der Waals surface area contributed by atoms with Gasteiger partial charge in [-0.2, -0.15) is 0 Å². The van der Waals surface area contributed by atoms with Crippen LogP contribution in [-0.2, 0) is 19.0 Å². The first kappa shape index (κ1) is 22.1. The Morgan fingerprint density at radius 2 is 1.27 bits per heavy atom. The molecule has 1 fully saturated rings. The largest absolute Gasteiger partial charge is 0.462 e. The fourth-order valence-corrected chi connectivity index (χ4v) is 2.72. The molecule has 2 unspecified atom stereocenters.